The summed E-state index contributed by atoms with van der Waals surface area (Å²) >= 11 is 0. The highest BCUT2D eigenvalue weighted by molar-refractivity contribution is 5.63. The molecule has 0 amide bonds. The van der Waals surface area contributed by atoms with Crippen LogP contribution >= 0.6 is 0 Å². The molecule has 4 N–H and O–H groups in total. The quantitative estimate of drug-likeness (QED) is 0.561. The summed E-state index contributed by atoms with van der Waals surface area (Å²) in [6.45, 7) is 0. The highest BCUT2D eigenvalue weighted by Gasteiger charge is 2.19. The minimum atomic E-state index is -0.0999. The van der Waals surface area contributed by atoms with Gasteiger partial charge < -0.3 is 15.2 Å². The van der Waals surface area contributed by atoms with E-state index in [1.165, 1.54) is 11.1 Å². The molecule has 0 unspecified atom stereocenters. The molecular formula is C20H20N5O+. The van der Waals surface area contributed by atoms with Crippen molar-refractivity contribution in [3.63, 3.8) is 0 Å². The van der Waals surface area contributed by atoms with E-state index in [0.29, 0.717) is 24.6 Å². The van der Waals surface area contributed by atoms with Gasteiger partial charge >= 0.3 is 0 Å². The lowest BCUT2D eigenvalue weighted by Gasteiger charge is -2.03. The summed E-state index contributed by atoms with van der Waals surface area (Å²) in [6, 6.07) is 18.7. The summed E-state index contributed by atoms with van der Waals surface area (Å²) < 4.78 is 5.38. The second-order valence-electron chi connectivity index (χ2n) is 6.27. The molecule has 0 aliphatic carbocycles. The van der Waals surface area contributed by atoms with Crippen LogP contribution in [0.3, 0.4) is 0 Å². The topological polar surface area (TPSA) is 95.2 Å². The zero-order valence-electron chi connectivity index (χ0n) is 14.3. The standard InChI is InChI=1S/C20H19N5O/c21-18(11-17-12-22-13-23-17)20-24-19(25-26-20)10-14-6-8-16(9-7-14)15-4-2-1-3-5-15/h1-9,12-13,18H,10-11,21H2,(H,22,23)/p+1/t18-/m0/s1. The van der Waals surface area contributed by atoms with Crippen LogP contribution in [0.15, 0.2) is 71.6 Å². The number of hydrogen-bond donors (Lipinski definition) is 2. The van der Waals surface area contributed by atoms with Crippen molar-refractivity contribution in [3.8, 4) is 11.1 Å². The molecule has 0 radical (unpaired) electrons. The van der Waals surface area contributed by atoms with Crippen LogP contribution in [0.25, 0.3) is 11.1 Å². The summed E-state index contributed by atoms with van der Waals surface area (Å²) in [7, 11) is 0. The van der Waals surface area contributed by atoms with Crippen LogP contribution in [0.2, 0.25) is 0 Å². The Bertz CT molecular complexity index is 946. The molecule has 6 nitrogen and oxygen atoms in total. The van der Waals surface area contributed by atoms with Crippen LogP contribution in [-0.2, 0) is 12.8 Å². The summed E-state index contributed by atoms with van der Waals surface area (Å²) in [5.74, 6) is 1.22. The van der Waals surface area contributed by atoms with E-state index in [9.17, 15) is 0 Å². The number of nitrogens with zero attached hydrogens (tertiary/aromatic N) is 3. The molecule has 2 aromatic heterocycles. The third kappa shape index (κ3) is 3.70. The van der Waals surface area contributed by atoms with Crippen molar-refractivity contribution >= 4 is 0 Å². The Morgan fingerprint density at radius 3 is 2.50 bits per heavy atom. The summed E-state index contributed by atoms with van der Waals surface area (Å²) in [5, 5.41) is 4.09. The highest BCUT2D eigenvalue weighted by Crippen LogP contribution is 2.20. The third-order valence-electron chi connectivity index (χ3n) is 4.28. The van der Waals surface area contributed by atoms with Crippen molar-refractivity contribution in [2.75, 3.05) is 0 Å². The van der Waals surface area contributed by atoms with E-state index in [1.807, 2.05) is 18.2 Å². The molecule has 0 fully saturated rings. The lowest BCUT2D eigenvalue weighted by Crippen LogP contribution is -2.54. The van der Waals surface area contributed by atoms with Crippen molar-refractivity contribution in [2.24, 2.45) is 0 Å². The zero-order valence-corrected chi connectivity index (χ0v) is 14.3. The lowest BCUT2D eigenvalue weighted by molar-refractivity contribution is -0.431. The highest BCUT2D eigenvalue weighted by atomic mass is 16.5. The molecule has 4 rings (SSSR count). The Morgan fingerprint density at radius 2 is 1.77 bits per heavy atom. The Balaban J connectivity index is 1.42. The lowest BCUT2D eigenvalue weighted by atomic mass is 10.0. The van der Waals surface area contributed by atoms with Crippen molar-refractivity contribution < 1.29 is 10.3 Å². The van der Waals surface area contributed by atoms with E-state index in [1.54, 1.807) is 12.5 Å². The Labute approximate surface area is 151 Å². The van der Waals surface area contributed by atoms with Gasteiger partial charge in [0.25, 0.3) is 5.89 Å². The maximum atomic E-state index is 5.38. The van der Waals surface area contributed by atoms with Crippen molar-refractivity contribution in [2.45, 2.75) is 18.9 Å². The number of rotatable bonds is 6. The predicted molar refractivity (Wildman–Crippen MR) is 96.9 cm³/mol. The van der Waals surface area contributed by atoms with Gasteiger partial charge in [-0.3, -0.25) is 0 Å². The van der Waals surface area contributed by atoms with Gasteiger partial charge in [0, 0.05) is 18.3 Å². The van der Waals surface area contributed by atoms with E-state index in [2.05, 4.69) is 62.2 Å². The number of quaternary nitrogens is 1. The number of imidazole rings is 1. The van der Waals surface area contributed by atoms with Crippen LogP contribution in [-0.4, -0.2) is 20.1 Å². The summed E-state index contributed by atoms with van der Waals surface area (Å²) in [6.07, 6.45) is 4.76. The van der Waals surface area contributed by atoms with E-state index in [0.717, 1.165) is 11.3 Å². The first kappa shape index (κ1) is 16.2. The fraction of sp³-hybridized carbons (Fsp3) is 0.150. The van der Waals surface area contributed by atoms with Gasteiger partial charge in [-0.2, -0.15) is 4.98 Å². The van der Waals surface area contributed by atoms with Gasteiger partial charge in [0.15, 0.2) is 11.9 Å². The normalized spacial score (nSPS) is 12.2. The van der Waals surface area contributed by atoms with Gasteiger partial charge in [-0.25, -0.2) is 4.98 Å². The molecule has 26 heavy (non-hydrogen) atoms. The molecule has 0 saturated carbocycles. The predicted octanol–water partition coefficient (Wildman–Crippen LogP) is 2.58. The molecule has 6 heteroatoms. The first-order valence-corrected chi connectivity index (χ1v) is 8.55. The minimum absolute atomic E-state index is 0.0999. The van der Waals surface area contributed by atoms with Gasteiger partial charge in [-0.05, 0) is 16.7 Å². The fourth-order valence-electron chi connectivity index (χ4n) is 2.88. The largest absolute Gasteiger partial charge is 0.348 e. The zero-order chi connectivity index (χ0) is 17.8. The monoisotopic (exact) mass is 346 g/mol. The van der Waals surface area contributed by atoms with E-state index >= 15 is 0 Å². The SMILES string of the molecule is [NH3+][C@@H](Cc1cnc[nH]1)c1nc(Cc2ccc(-c3ccccc3)cc2)no1. The van der Waals surface area contributed by atoms with E-state index in [-0.39, 0.29) is 6.04 Å². The summed E-state index contributed by atoms with van der Waals surface area (Å²) in [4.78, 5) is 11.6. The van der Waals surface area contributed by atoms with Gasteiger partial charge in [0.05, 0.1) is 12.7 Å². The molecule has 0 saturated heterocycles. The molecule has 4 aromatic rings. The first-order valence-electron chi connectivity index (χ1n) is 8.55. The third-order valence-corrected chi connectivity index (χ3v) is 4.28. The molecule has 0 aliphatic rings. The smallest absolute Gasteiger partial charge is 0.285 e. The first-order chi connectivity index (χ1) is 12.8. The van der Waals surface area contributed by atoms with Gasteiger partial charge in [0.2, 0.25) is 0 Å². The molecule has 1 atom stereocenters. The second-order valence-corrected chi connectivity index (χ2v) is 6.27. The molecule has 130 valence electrons. The van der Waals surface area contributed by atoms with Crippen LogP contribution in [0.4, 0.5) is 0 Å². The average Bonchev–Trinajstić information content (AvgIpc) is 3.35. The number of hydrogen-bond acceptors (Lipinski definition) is 4. The van der Waals surface area contributed by atoms with Crippen LogP contribution in [0.1, 0.15) is 29.0 Å². The van der Waals surface area contributed by atoms with Gasteiger partial charge in [-0.1, -0.05) is 59.8 Å². The van der Waals surface area contributed by atoms with Gasteiger partial charge in [-0.15, -0.1) is 0 Å². The molecule has 0 aliphatic heterocycles. The number of benzene rings is 2. The number of H-pyrrole nitrogens is 1. The minimum Gasteiger partial charge on any atom is -0.348 e. The van der Waals surface area contributed by atoms with E-state index < -0.39 is 0 Å². The molecule has 2 aromatic carbocycles. The Hall–Kier alpha value is -3.25. The average molecular weight is 346 g/mol. The molecule has 0 spiro atoms. The Kier molecular flexibility index (Phi) is 4.57. The molecule has 2 heterocycles. The summed E-state index contributed by atoms with van der Waals surface area (Å²) in [5.41, 5.74) is 8.65. The van der Waals surface area contributed by atoms with Crippen LogP contribution in [0, 0.1) is 0 Å². The van der Waals surface area contributed by atoms with Crippen molar-refractivity contribution in [1.82, 2.24) is 20.1 Å². The fourth-order valence-corrected chi connectivity index (χ4v) is 2.88. The number of aromatic nitrogens is 4. The van der Waals surface area contributed by atoms with Crippen molar-refractivity contribution in [3.05, 3.63) is 90.1 Å². The molecular weight excluding hydrogens is 326 g/mol. The molecule has 0 bridgehead atoms. The number of aromatic amines is 1. The van der Waals surface area contributed by atoms with E-state index in [4.69, 9.17) is 4.52 Å². The van der Waals surface area contributed by atoms with Crippen LogP contribution in [0.5, 0.6) is 0 Å². The Morgan fingerprint density at radius 1 is 1.00 bits per heavy atom. The second kappa shape index (κ2) is 7.33. The number of nitrogens with one attached hydrogen (secondary N) is 1. The van der Waals surface area contributed by atoms with Crippen LogP contribution < -0.4 is 5.73 Å². The van der Waals surface area contributed by atoms with Gasteiger partial charge in [0.1, 0.15) is 0 Å². The maximum absolute atomic E-state index is 5.38. The van der Waals surface area contributed by atoms with Crippen molar-refractivity contribution in [1.29, 1.82) is 0 Å². The maximum Gasteiger partial charge on any atom is 0.285 e.